The Morgan fingerprint density at radius 3 is 2.38 bits per heavy atom. The van der Waals surface area contributed by atoms with Crippen LogP contribution in [-0.2, 0) is 9.59 Å². The molecule has 1 aliphatic carbocycles. The Labute approximate surface area is 122 Å². The Hall–Kier alpha value is -1.98. The van der Waals surface area contributed by atoms with Gasteiger partial charge in [0.15, 0.2) is 0 Å². The molecule has 1 N–H and O–H groups in total. The molecule has 6 heteroatoms. The molecule has 1 aliphatic rings. The molecule has 2 rings (SSSR count). The van der Waals surface area contributed by atoms with Crippen molar-refractivity contribution in [3.63, 3.8) is 0 Å². The summed E-state index contributed by atoms with van der Waals surface area (Å²) in [4.78, 5) is 25.3. The molecule has 0 bridgehead atoms. The summed E-state index contributed by atoms with van der Waals surface area (Å²) < 4.78 is 26.9. The number of anilines is 1. The van der Waals surface area contributed by atoms with Gasteiger partial charge in [-0.05, 0) is 31.4 Å². The predicted molar refractivity (Wildman–Crippen MR) is 74.5 cm³/mol. The second kappa shape index (κ2) is 6.20. The van der Waals surface area contributed by atoms with Crippen molar-refractivity contribution in [2.24, 2.45) is 11.8 Å². The van der Waals surface area contributed by atoms with Gasteiger partial charge in [0.25, 0.3) is 0 Å². The van der Waals surface area contributed by atoms with Crippen LogP contribution >= 0.6 is 0 Å². The molecule has 0 spiro atoms. The third-order valence-electron chi connectivity index (χ3n) is 3.68. The zero-order valence-corrected chi connectivity index (χ0v) is 12.0. The first-order valence-corrected chi connectivity index (χ1v) is 6.96. The first-order valence-electron chi connectivity index (χ1n) is 6.96. The molecule has 1 fully saturated rings. The number of carbonyl (C=O) groups is 2. The SMILES string of the molecule is CCN(CC(=O)Nc1c(F)cccc1F)C(=O)[C@@H]1C[C@H]1C. The van der Waals surface area contributed by atoms with Crippen LogP contribution in [0.4, 0.5) is 14.5 Å². The van der Waals surface area contributed by atoms with Crippen molar-refractivity contribution in [3.05, 3.63) is 29.8 Å². The topological polar surface area (TPSA) is 49.4 Å². The number of para-hydroxylation sites is 1. The molecule has 0 radical (unpaired) electrons. The molecule has 0 unspecified atom stereocenters. The number of amides is 2. The molecule has 0 saturated heterocycles. The first kappa shape index (κ1) is 15.4. The highest BCUT2D eigenvalue weighted by Crippen LogP contribution is 2.39. The van der Waals surface area contributed by atoms with Gasteiger partial charge in [0.2, 0.25) is 11.8 Å². The Bertz CT molecular complexity index is 542. The highest BCUT2D eigenvalue weighted by molar-refractivity contribution is 5.95. The monoisotopic (exact) mass is 296 g/mol. The van der Waals surface area contributed by atoms with E-state index in [9.17, 15) is 18.4 Å². The van der Waals surface area contributed by atoms with E-state index in [4.69, 9.17) is 0 Å². The fourth-order valence-corrected chi connectivity index (χ4v) is 2.22. The second-order valence-corrected chi connectivity index (χ2v) is 5.32. The summed E-state index contributed by atoms with van der Waals surface area (Å²) in [7, 11) is 0. The van der Waals surface area contributed by atoms with Crippen molar-refractivity contribution in [3.8, 4) is 0 Å². The average molecular weight is 296 g/mol. The van der Waals surface area contributed by atoms with Crippen LogP contribution in [0.5, 0.6) is 0 Å². The summed E-state index contributed by atoms with van der Waals surface area (Å²) in [5, 5.41) is 2.19. The minimum Gasteiger partial charge on any atom is -0.333 e. The molecular weight excluding hydrogens is 278 g/mol. The van der Waals surface area contributed by atoms with Gasteiger partial charge in [-0.1, -0.05) is 13.0 Å². The molecular formula is C15H18F2N2O2. The van der Waals surface area contributed by atoms with Crippen LogP contribution in [0.25, 0.3) is 0 Å². The summed E-state index contributed by atoms with van der Waals surface area (Å²) >= 11 is 0. The molecule has 4 nitrogen and oxygen atoms in total. The zero-order chi connectivity index (χ0) is 15.6. The minimum absolute atomic E-state index is 0.0250. The van der Waals surface area contributed by atoms with E-state index in [1.165, 1.54) is 11.0 Å². The van der Waals surface area contributed by atoms with Gasteiger partial charge in [0.05, 0.1) is 6.54 Å². The number of rotatable bonds is 5. The van der Waals surface area contributed by atoms with E-state index < -0.39 is 23.2 Å². The highest BCUT2D eigenvalue weighted by atomic mass is 19.1. The third-order valence-corrected chi connectivity index (χ3v) is 3.68. The standard InChI is InChI=1S/C15H18F2N2O2/c1-3-19(15(21)10-7-9(10)2)8-13(20)18-14-11(16)5-4-6-12(14)17/h4-6,9-10H,3,7-8H2,1-2H3,(H,18,20)/t9-,10-/m1/s1. The van der Waals surface area contributed by atoms with Gasteiger partial charge in [-0.25, -0.2) is 8.78 Å². The molecule has 0 heterocycles. The molecule has 1 aromatic rings. The van der Waals surface area contributed by atoms with E-state index in [1.54, 1.807) is 6.92 Å². The number of hydrogen-bond donors (Lipinski definition) is 1. The van der Waals surface area contributed by atoms with Gasteiger partial charge in [-0.15, -0.1) is 0 Å². The van der Waals surface area contributed by atoms with Gasteiger partial charge in [-0.2, -0.15) is 0 Å². The maximum Gasteiger partial charge on any atom is 0.244 e. The second-order valence-electron chi connectivity index (χ2n) is 5.32. The normalized spacial score (nSPS) is 20.0. The number of nitrogens with one attached hydrogen (secondary N) is 1. The summed E-state index contributed by atoms with van der Waals surface area (Å²) in [6.45, 7) is 3.93. The van der Waals surface area contributed by atoms with Crippen LogP contribution in [0.15, 0.2) is 18.2 Å². The van der Waals surface area contributed by atoms with Crippen molar-refractivity contribution in [2.45, 2.75) is 20.3 Å². The van der Waals surface area contributed by atoms with E-state index in [0.717, 1.165) is 18.6 Å². The van der Waals surface area contributed by atoms with Crippen LogP contribution < -0.4 is 5.32 Å². The maximum absolute atomic E-state index is 13.4. The van der Waals surface area contributed by atoms with Gasteiger partial charge in [0, 0.05) is 12.5 Å². The molecule has 2 amide bonds. The van der Waals surface area contributed by atoms with Gasteiger partial charge < -0.3 is 10.2 Å². The summed E-state index contributed by atoms with van der Waals surface area (Å²) in [6.07, 6.45) is 0.832. The minimum atomic E-state index is -0.839. The molecule has 0 aromatic heterocycles. The number of nitrogens with zero attached hydrogens (tertiary/aromatic N) is 1. The lowest BCUT2D eigenvalue weighted by molar-refractivity contribution is -0.135. The van der Waals surface area contributed by atoms with Gasteiger partial charge in [-0.3, -0.25) is 9.59 Å². The van der Waals surface area contributed by atoms with Gasteiger partial charge in [0.1, 0.15) is 17.3 Å². The number of hydrogen-bond acceptors (Lipinski definition) is 2. The third kappa shape index (κ3) is 3.56. The van der Waals surface area contributed by atoms with Crippen molar-refractivity contribution < 1.29 is 18.4 Å². The van der Waals surface area contributed by atoms with E-state index in [-0.39, 0.29) is 18.4 Å². The summed E-state index contributed by atoms with van der Waals surface area (Å²) in [5.74, 6) is -2.04. The Morgan fingerprint density at radius 2 is 1.90 bits per heavy atom. The summed E-state index contributed by atoms with van der Waals surface area (Å²) in [6, 6.07) is 3.34. The van der Waals surface area contributed by atoms with E-state index in [2.05, 4.69) is 5.32 Å². The lowest BCUT2D eigenvalue weighted by Gasteiger charge is -2.20. The lowest BCUT2D eigenvalue weighted by Crippen LogP contribution is -2.39. The smallest absolute Gasteiger partial charge is 0.244 e. The largest absolute Gasteiger partial charge is 0.333 e. The van der Waals surface area contributed by atoms with Crippen LogP contribution in [0.1, 0.15) is 20.3 Å². The van der Waals surface area contributed by atoms with Crippen LogP contribution in [0, 0.1) is 23.5 Å². The molecule has 0 aliphatic heterocycles. The zero-order valence-electron chi connectivity index (χ0n) is 12.0. The maximum atomic E-state index is 13.4. The van der Waals surface area contributed by atoms with Crippen LogP contribution in [-0.4, -0.2) is 29.8 Å². The number of likely N-dealkylation sites (N-methyl/N-ethyl adjacent to an activating group) is 1. The Kier molecular flexibility index (Phi) is 4.55. The number of carbonyl (C=O) groups excluding carboxylic acids is 2. The van der Waals surface area contributed by atoms with E-state index >= 15 is 0 Å². The fourth-order valence-electron chi connectivity index (χ4n) is 2.22. The number of benzene rings is 1. The van der Waals surface area contributed by atoms with Crippen molar-refractivity contribution >= 4 is 17.5 Å². The molecule has 1 aromatic carbocycles. The van der Waals surface area contributed by atoms with Crippen molar-refractivity contribution in [1.29, 1.82) is 0 Å². The van der Waals surface area contributed by atoms with Crippen molar-refractivity contribution in [1.82, 2.24) is 4.90 Å². The fraction of sp³-hybridized carbons (Fsp3) is 0.467. The Balaban J connectivity index is 1.98. The van der Waals surface area contributed by atoms with Crippen molar-refractivity contribution in [2.75, 3.05) is 18.4 Å². The van der Waals surface area contributed by atoms with E-state index in [1.807, 2.05) is 6.92 Å². The average Bonchev–Trinajstić information content (AvgIpc) is 3.17. The quantitative estimate of drug-likeness (QED) is 0.907. The molecule has 21 heavy (non-hydrogen) atoms. The van der Waals surface area contributed by atoms with Crippen LogP contribution in [0.3, 0.4) is 0 Å². The van der Waals surface area contributed by atoms with E-state index in [0.29, 0.717) is 12.5 Å². The molecule has 114 valence electrons. The Morgan fingerprint density at radius 1 is 1.33 bits per heavy atom. The highest BCUT2D eigenvalue weighted by Gasteiger charge is 2.41. The summed E-state index contributed by atoms with van der Waals surface area (Å²) in [5.41, 5.74) is -0.481. The first-order chi connectivity index (χ1) is 9.93. The van der Waals surface area contributed by atoms with Gasteiger partial charge >= 0.3 is 0 Å². The molecule has 2 atom stereocenters. The van der Waals surface area contributed by atoms with Crippen LogP contribution in [0.2, 0.25) is 0 Å². The predicted octanol–water partition coefficient (Wildman–Crippen LogP) is 2.41. The lowest BCUT2D eigenvalue weighted by atomic mass is 10.2. The molecule has 1 saturated carbocycles. The number of halogens is 2.